The number of amides is 3. The molecule has 39 heavy (non-hydrogen) atoms. The number of nitrogens with zero attached hydrogens (tertiary/aromatic N) is 1. The first-order valence-corrected chi connectivity index (χ1v) is 14.7. The summed E-state index contributed by atoms with van der Waals surface area (Å²) in [4.78, 5) is 39.1. The van der Waals surface area contributed by atoms with Gasteiger partial charge in [0.15, 0.2) is 0 Å². The number of rotatable bonds is 7. The lowest BCUT2D eigenvalue weighted by Crippen LogP contribution is -2.57. The zero-order valence-electron chi connectivity index (χ0n) is 21.3. The summed E-state index contributed by atoms with van der Waals surface area (Å²) in [5.74, 6) is -2.13. The van der Waals surface area contributed by atoms with Crippen LogP contribution in [0.2, 0.25) is 0 Å². The second-order valence-corrected chi connectivity index (χ2v) is 12.7. The quantitative estimate of drug-likeness (QED) is 0.177. The largest absolute Gasteiger partial charge is 0.326 e. The summed E-state index contributed by atoms with van der Waals surface area (Å²) in [5.41, 5.74) is 5.02. The lowest BCUT2D eigenvalue weighted by Gasteiger charge is -2.54. The van der Waals surface area contributed by atoms with Crippen molar-refractivity contribution in [2.75, 3.05) is 11.9 Å². The van der Waals surface area contributed by atoms with Crippen molar-refractivity contribution in [3.8, 4) is 0 Å². The van der Waals surface area contributed by atoms with Gasteiger partial charge in [-0.2, -0.15) is 0 Å². The van der Waals surface area contributed by atoms with Crippen LogP contribution in [0.1, 0.15) is 53.5 Å². The summed E-state index contributed by atoms with van der Waals surface area (Å²) in [6, 6.07) is 21.0. The summed E-state index contributed by atoms with van der Waals surface area (Å²) >= 11 is 18.4. The number of unbranched alkanes of at least 4 members (excludes halogenated alkanes) is 2. The van der Waals surface area contributed by atoms with Gasteiger partial charge in [0, 0.05) is 23.1 Å². The molecule has 3 aromatic rings. The molecule has 3 aromatic carbocycles. The Morgan fingerprint density at radius 1 is 0.846 bits per heavy atom. The van der Waals surface area contributed by atoms with Crippen LogP contribution < -0.4 is 5.32 Å². The molecule has 0 saturated carbocycles. The molecule has 3 aliphatic carbocycles. The number of hydrogen-bond donors (Lipinski definition) is 1. The van der Waals surface area contributed by atoms with Gasteiger partial charge < -0.3 is 5.32 Å². The zero-order valence-corrected chi connectivity index (χ0v) is 24.4. The molecule has 1 N–H and O–H groups in total. The van der Waals surface area contributed by atoms with Crippen LogP contribution >= 0.6 is 39.1 Å². The monoisotopic (exact) mass is 624 g/mol. The fourth-order valence-electron chi connectivity index (χ4n) is 6.62. The normalized spacial score (nSPS) is 26.3. The molecule has 1 saturated heterocycles. The highest BCUT2D eigenvalue weighted by Crippen LogP contribution is 2.69. The van der Waals surface area contributed by atoms with Crippen LogP contribution in [0.3, 0.4) is 0 Å². The third-order valence-electron chi connectivity index (χ3n) is 8.40. The number of carbonyl (C=O) groups excluding carboxylic acids is 3. The van der Waals surface area contributed by atoms with Crippen LogP contribution in [-0.4, -0.2) is 29.2 Å². The molecule has 1 heterocycles. The maximum Gasteiger partial charge on any atom is 0.235 e. The van der Waals surface area contributed by atoms with Crippen molar-refractivity contribution in [2.45, 2.75) is 42.4 Å². The van der Waals surface area contributed by atoms with Gasteiger partial charge in [-0.25, -0.2) is 0 Å². The van der Waals surface area contributed by atoms with Gasteiger partial charge in [0.05, 0.1) is 11.8 Å². The maximum atomic E-state index is 13.8. The number of aryl methyl sites for hydroxylation is 1. The molecule has 0 unspecified atom stereocenters. The lowest BCUT2D eigenvalue weighted by atomic mass is 9.54. The van der Waals surface area contributed by atoms with Gasteiger partial charge >= 0.3 is 0 Å². The van der Waals surface area contributed by atoms with E-state index in [9.17, 15) is 14.4 Å². The molecule has 7 rings (SSSR count). The Kier molecular flexibility index (Phi) is 6.64. The Morgan fingerprint density at radius 2 is 1.36 bits per heavy atom. The third-order valence-corrected chi connectivity index (χ3v) is 10.6. The van der Waals surface area contributed by atoms with Crippen molar-refractivity contribution in [1.82, 2.24) is 4.90 Å². The SMILES string of the molecule is Cc1cc(NC(=O)CCCCCN2C(=O)[C@@H]3[C@H](C2=O)C2(Cl)c4ccccc4C3(Cl)c3ccccc32)ccc1Br. The van der Waals surface area contributed by atoms with Crippen LogP contribution in [-0.2, 0) is 24.1 Å². The van der Waals surface area contributed by atoms with Gasteiger partial charge in [-0.3, -0.25) is 19.3 Å². The van der Waals surface area contributed by atoms with E-state index in [0.717, 1.165) is 38.0 Å². The predicted octanol–water partition coefficient (Wildman–Crippen LogP) is 6.85. The molecule has 0 spiro atoms. The molecule has 200 valence electrons. The van der Waals surface area contributed by atoms with E-state index < -0.39 is 21.6 Å². The molecule has 8 heteroatoms. The summed E-state index contributed by atoms with van der Waals surface area (Å²) in [5, 5.41) is 2.92. The molecule has 0 aromatic heterocycles. The average molecular weight is 626 g/mol. The Bertz CT molecular complexity index is 1400. The summed E-state index contributed by atoms with van der Waals surface area (Å²) in [6.45, 7) is 2.25. The van der Waals surface area contributed by atoms with Crippen molar-refractivity contribution in [3.63, 3.8) is 0 Å². The minimum absolute atomic E-state index is 0.0589. The predicted molar refractivity (Wildman–Crippen MR) is 156 cm³/mol. The van der Waals surface area contributed by atoms with Gasteiger partial charge in [0.1, 0.15) is 9.75 Å². The zero-order chi connectivity index (χ0) is 27.5. The highest BCUT2D eigenvalue weighted by molar-refractivity contribution is 9.10. The molecular weight excluding hydrogens is 599 g/mol. The summed E-state index contributed by atoms with van der Waals surface area (Å²) in [7, 11) is 0. The number of hydrogen-bond acceptors (Lipinski definition) is 3. The first kappa shape index (κ1) is 26.5. The molecule has 2 atom stereocenters. The maximum absolute atomic E-state index is 13.8. The Labute approximate surface area is 246 Å². The van der Waals surface area contributed by atoms with E-state index in [1.165, 1.54) is 4.90 Å². The summed E-state index contributed by atoms with van der Waals surface area (Å²) < 4.78 is 0.993. The first-order chi connectivity index (χ1) is 18.7. The van der Waals surface area contributed by atoms with E-state index in [1.54, 1.807) is 0 Å². The fourth-order valence-corrected chi connectivity index (χ4v) is 7.97. The van der Waals surface area contributed by atoms with E-state index in [-0.39, 0.29) is 24.3 Å². The molecule has 5 nitrogen and oxygen atoms in total. The van der Waals surface area contributed by atoms with Gasteiger partial charge in [0.25, 0.3) is 0 Å². The molecular formula is C31H27BrCl2N2O3. The number of anilines is 1. The highest BCUT2D eigenvalue weighted by atomic mass is 79.9. The van der Waals surface area contributed by atoms with Crippen molar-refractivity contribution in [2.24, 2.45) is 11.8 Å². The Balaban J connectivity index is 1.15. The van der Waals surface area contributed by atoms with Crippen LogP contribution in [0.15, 0.2) is 71.2 Å². The molecule has 4 aliphatic rings. The molecule has 2 bridgehead atoms. The van der Waals surface area contributed by atoms with Crippen LogP contribution in [0.25, 0.3) is 0 Å². The average Bonchev–Trinajstić information content (AvgIpc) is 3.19. The smallest absolute Gasteiger partial charge is 0.235 e. The molecule has 3 amide bonds. The minimum Gasteiger partial charge on any atom is -0.326 e. The standard InChI is InChI=1S/C31H27BrCl2N2O3/c1-18-17-19(14-15-24(18)32)35-25(37)13-3-2-8-16-36-28(38)26-27(29(36)39)31(34)21-10-5-4-9-20(21)30(26,33)22-11-6-7-12-23(22)31/h4-7,9-12,14-15,17,26-27H,2-3,8,13,16H2,1H3,(H,35,37)/t26-,27+,30?,31?. The fraction of sp³-hybridized carbons (Fsp3) is 0.323. The van der Waals surface area contributed by atoms with E-state index >= 15 is 0 Å². The number of alkyl halides is 2. The number of likely N-dealkylation sites (tertiary alicyclic amines) is 1. The Hall–Kier alpha value is -2.67. The van der Waals surface area contributed by atoms with Gasteiger partial charge in [-0.15, -0.1) is 23.2 Å². The topological polar surface area (TPSA) is 66.5 Å². The number of imide groups is 1. The van der Waals surface area contributed by atoms with Gasteiger partial charge in [-0.05, 0) is 65.8 Å². The van der Waals surface area contributed by atoms with E-state index in [2.05, 4.69) is 21.2 Å². The number of halogens is 3. The Morgan fingerprint density at radius 3 is 1.85 bits per heavy atom. The third kappa shape index (κ3) is 3.90. The van der Waals surface area contributed by atoms with E-state index in [1.807, 2.05) is 73.7 Å². The summed E-state index contributed by atoms with van der Waals surface area (Å²) in [6.07, 6.45) is 2.33. The molecule has 1 fully saturated rings. The number of nitrogens with one attached hydrogen (secondary N) is 1. The van der Waals surface area contributed by atoms with Crippen LogP contribution in [0.5, 0.6) is 0 Å². The van der Waals surface area contributed by atoms with Gasteiger partial charge in [-0.1, -0.05) is 70.9 Å². The van der Waals surface area contributed by atoms with Gasteiger partial charge in [0.2, 0.25) is 17.7 Å². The molecule has 0 radical (unpaired) electrons. The van der Waals surface area contributed by atoms with E-state index in [4.69, 9.17) is 23.2 Å². The van der Waals surface area contributed by atoms with Crippen LogP contribution in [0.4, 0.5) is 5.69 Å². The second-order valence-electron chi connectivity index (χ2n) is 10.6. The first-order valence-electron chi connectivity index (χ1n) is 13.2. The van der Waals surface area contributed by atoms with Crippen molar-refractivity contribution in [1.29, 1.82) is 0 Å². The number of benzene rings is 3. The lowest BCUT2D eigenvalue weighted by molar-refractivity contribution is -0.140. The second kappa shape index (κ2) is 9.76. The van der Waals surface area contributed by atoms with E-state index in [0.29, 0.717) is 25.7 Å². The van der Waals surface area contributed by atoms with Crippen molar-refractivity contribution in [3.05, 3.63) is 99.0 Å². The highest BCUT2D eigenvalue weighted by Gasteiger charge is 2.72. The van der Waals surface area contributed by atoms with Crippen molar-refractivity contribution >= 4 is 62.5 Å². The van der Waals surface area contributed by atoms with Crippen molar-refractivity contribution < 1.29 is 14.4 Å². The molecule has 1 aliphatic heterocycles. The van der Waals surface area contributed by atoms with Crippen LogP contribution in [0, 0.1) is 18.8 Å². The minimum atomic E-state index is -1.15. The number of carbonyl (C=O) groups is 3.